The van der Waals surface area contributed by atoms with Gasteiger partial charge in [0.05, 0.1) is 12.7 Å². The van der Waals surface area contributed by atoms with Gasteiger partial charge in [0.2, 0.25) is 12.3 Å². The number of nitrogens with zero attached hydrogens (tertiary/aromatic N) is 2. The van der Waals surface area contributed by atoms with Gasteiger partial charge in [-0.25, -0.2) is 0 Å². The van der Waals surface area contributed by atoms with Crippen LogP contribution in [0.15, 0.2) is 46.1 Å². The third-order valence-electron chi connectivity index (χ3n) is 12.1. The molecule has 0 heterocycles. The molecule has 0 radical (unpaired) electrons. The quantitative estimate of drug-likeness (QED) is 0.0391. The summed E-state index contributed by atoms with van der Waals surface area (Å²) in [6.07, 6.45) is 21.7. The number of hydrogen-bond acceptors (Lipinski definition) is 7. The number of hydrogen-bond donors (Lipinski definition) is 1. The lowest BCUT2D eigenvalue weighted by atomic mass is 9.47. The van der Waals surface area contributed by atoms with Crippen LogP contribution >= 0.6 is 11.8 Å². The SMILES string of the molecule is C.C.C=N/N=C(\OCSC)c1ccc(OCCOC2CCC3(C)C(=CCC4C3CCC3(C)C(CCCCC(C)C)CCC43)C2)cc1.CC.NC=O. The van der Waals surface area contributed by atoms with Crippen LogP contribution in [0, 0.1) is 40.4 Å². The van der Waals surface area contributed by atoms with Crippen LogP contribution in [0.2, 0.25) is 0 Å². The Morgan fingerprint density at radius 2 is 1.75 bits per heavy atom. The van der Waals surface area contributed by atoms with Gasteiger partial charge in [-0.3, -0.25) is 4.79 Å². The van der Waals surface area contributed by atoms with Gasteiger partial charge in [-0.05, 0) is 129 Å². The van der Waals surface area contributed by atoms with E-state index in [2.05, 4.69) is 56.4 Å². The van der Waals surface area contributed by atoms with Gasteiger partial charge >= 0.3 is 0 Å². The van der Waals surface area contributed by atoms with E-state index in [9.17, 15) is 0 Å². The zero-order valence-electron chi connectivity index (χ0n) is 31.8. The highest BCUT2D eigenvalue weighted by atomic mass is 32.2. The number of unbranched alkanes of at least 4 members (excludes halogenated alkanes) is 1. The minimum absolute atomic E-state index is 0. The zero-order valence-corrected chi connectivity index (χ0v) is 32.6. The van der Waals surface area contributed by atoms with Crippen LogP contribution in [-0.4, -0.2) is 50.5 Å². The molecule has 4 aliphatic rings. The summed E-state index contributed by atoms with van der Waals surface area (Å²) in [7, 11) is 0. The summed E-state index contributed by atoms with van der Waals surface area (Å²) < 4.78 is 18.1. The van der Waals surface area contributed by atoms with E-state index < -0.39 is 0 Å². The Balaban J connectivity index is 0.00000176. The average molecular weight is 730 g/mol. The highest BCUT2D eigenvalue weighted by Gasteiger charge is 2.58. The summed E-state index contributed by atoms with van der Waals surface area (Å²) in [5.41, 5.74) is 7.69. The maximum absolute atomic E-state index is 8.58. The molecule has 0 saturated heterocycles. The van der Waals surface area contributed by atoms with Crippen molar-refractivity contribution in [2.45, 2.75) is 140 Å². The molecule has 0 aliphatic heterocycles. The Bertz CT molecular complexity index is 1200. The number of nitrogens with two attached hydrogens (primary N) is 1. The summed E-state index contributed by atoms with van der Waals surface area (Å²) in [5.74, 6) is 6.31. The molecule has 292 valence electrons. The minimum Gasteiger partial charge on any atom is -0.491 e. The molecule has 0 aromatic heterocycles. The van der Waals surface area contributed by atoms with Crippen LogP contribution in [0.4, 0.5) is 0 Å². The highest BCUT2D eigenvalue weighted by Crippen LogP contribution is 2.66. The van der Waals surface area contributed by atoms with E-state index >= 15 is 0 Å². The molecule has 1 aromatic carbocycles. The molecule has 4 aliphatic carbocycles. The van der Waals surface area contributed by atoms with E-state index in [0.717, 1.165) is 47.3 Å². The van der Waals surface area contributed by atoms with Crippen LogP contribution in [0.3, 0.4) is 0 Å². The van der Waals surface area contributed by atoms with Crippen molar-refractivity contribution < 1.29 is 19.0 Å². The van der Waals surface area contributed by atoms with Crippen LogP contribution in [-0.2, 0) is 14.3 Å². The summed E-state index contributed by atoms with van der Waals surface area (Å²) >= 11 is 1.59. The van der Waals surface area contributed by atoms with Gasteiger partial charge in [-0.1, -0.05) is 87.3 Å². The number of ether oxygens (including phenoxy) is 3. The number of carbonyl (C=O) groups is 1. The molecule has 0 bridgehead atoms. The second kappa shape index (κ2) is 23.4. The Morgan fingerprint density at radius 3 is 2.39 bits per heavy atom. The number of thioether (sulfide) groups is 1. The number of benzene rings is 1. The fraction of sp³-hybridized carbons (Fsp3) is 0.744. The lowest BCUT2D eigenvalue weighted by Crippen LogP contribution is -2.50. The lowest BCUT2D eigenvalue weighted by Gasteiger charge is -2.58. The molecule has 3 saturated carbocycles. The maximum atomic E-state index is 8.58. The minimum atomic E-state index is 0. The van der Waals surface area contributed by atoms with Gasteiger partial charge < -0.3 is 19.9 Å². The van der Waals surface area contributed by atoms with E-state index in [-0.39, 0.29) is 21.3 Å². The molecule has 1 amide bonds. The van der Waals surface area contributed by atoms with E-state index in [0.29, 0.717) is 42.0 Å². The highest BCUT2D eigenvalue weighted by molar-refractivity contribution is 7.98. The monoisotopic (exact) mass is 730 g/mol. The van der Waals surface area contributed by atoms with Crippen LogP contribution in [0.1, 0.15) is 139 Å². The smallest absolute Gasteiger partial charge is 0.241 e. The van der Waals surface area contributed by atoms with Crippen molar-refractivity contribution in [3.05, 3.63) is 41.5 Å². The van der Waals surface area contributed by atoms with Gasteiger partial charge in [0.15, 0.2) is 0 Å². The third-order valence-corrected chi connectivity index (χ3v) is 12.5. The van der Waals surface area contributed by atoms with Gasteiger partial charge in [0.1, 0.15) is 18.3 Å². The predicted octanol–water partition coefficient (Wildman–Crippen LogP) is 11.3. The van der Waals surface area contributed by atoms with Gasteiger partial charge in [0.25, 0.3) is 0 Å². The normalized spacial score (nSPS) is 29.1. The topological polar surface area (TPSA) is 95.5 Å². The van der Waals surface area contributed by atoms with Crippen molar-refractivity contribution in [2.24, 2.45) is 56.4 Å². The van der Waals surface area contributed by atoms with Crippen molar-refractivity contribution >= 4 is 30.8 Å². The van der Waals surface area contributed by atoms with E-state index in [1.54, 1.807) is 17.3 Å². The summed E-state index contributed by atoms with van der Waals surface area (Å²) in [5, 5.41) is 7.64. The number of primary amides is 1. The third kappa shape index (κ3) is 12.1. The zero-order chi connectivity index (χ0) is 35.9. The molecular formula is C43H75N3O4S. The summed E-state index contributed by atoms with van der Waals surface area (Å²) in [6, 6.07) is 7.78. The van der Waals surface area contributed by atoms with Gasteiger partial charge in [-0.15, -0.1) is 16.9 Å². The van der Waals surface area contributed by atoms with Crippen LogP contribution in [0.5, 0.6) is 5.75 Å². The molecule has 7 unspecified atom stereocenters. The van der Waals surface area contributed by atoms with Crippen molar-refractivity contribution in [1.29, 1.82) is 0 Å². The first-order valence-corrected chi connectivity index (χ1v) is 20.4. The number of rotatable bonds is 14. The number of allylic oxidation sites excluding steroid dienone is 1. The fourth-order valence-electron chi connectivity index (χ4n) is 9.71. The van der Waals surface area contributed by atoms with Crippen LogP contribution < -0.4 is 10.5 Å². The Kier molecular flexibility index (Phi) is 21.4. The molecule has 3 fully saturated rings. The molecule has 2 N–H and O–H groups in total. The van der Waals surface area contributed by atoms with Crippen molar-refractivity contribution in [1.82, 2.24) is 0 Å². The second-order valence-corrected chi connectivity index (χ2v) is 15.9. The van der Waals surface area contributed by atoms with Gasteiger partial charge in [-0.2, -0.15) is 5.10 Å². The predicted molar refractivity (Wildman–Crippen MR) is 221 cm³/mol. The molecule has 7 atom stereocenters. The molecular weight excluding hydrogens is 655 g/mol. The number of carbonyl (C=O) groups excluding carboxylic acids is 1. The van der Waals surface area contributed by atoms with Gasteiger partial charge in [0, 0.05) is 12.3 Å². The number of fused-ring (bicyclic) bond motifs is 5. The number of amides is 1. The lowest BCUT2D eigenvalue weighted by molar-refractivity contribution is -0.106. The molecule has 0 spiro atoms. The first kappa shape index (κ1) is 46.7. The van der Waals surface area contributed by atoms with Crippen LogP contribution in [0.25, 0.3) is 0 Å². The molecule has 1 aromatic rings. The standard InChI is InChI=1S/C38H58N2O3S.C2H6.CH3NO.2CH4/c1-27(2)9-7-8-10-29-14-18-34-33-17-13-30-25-32(19-21-38(30,4)35(33)20-22-37(29,34)3)42-24-23-41-31-15-11-28(12-16-31)36(40-39-5)43-26-44-6;1-2;2-1-3;;/h11-13,15-16,27,29,32-35H,5,7-10,14,17-26H2,1-4,6H3;1-2H3;1H,(H2,2,3);2*1H4/b40-36-;;;;. The van der Waals surface area contributed by atoms with Crippen molar-refractivity contribution in [3.63, 3.8) is 0 Å². The Morgan fingerprint density at radius 1 is 1.04 bits per heavy atom. The second-order valence-electron chi connectivity index (χ2n) is 15.1. The first-order chi connectivity index (χ1) is 23.7. The Labute approximate surface area is 317 Å². The van der Waals surface area contributed by atoms with Crippen molar-refractivity contribution in [2.75, 3.05) is 25.4 Å². The van der Waals surface area contributed by atoms with Crippen molar-refractivity contribution in [3.8, 4) is 5.75 Å². The fourth-order valence-corrected chi connectivity index (χ4v) is 9.94. The van der Waals surface area contributed by atoms with E-state index in [1.807, 2.05) is 44.4 Å². The first-order valence-electron chi connectivity index (χ1n) is 19.0. The molecule has 5 rings (SSSR count). The molecule has 7 nitrogen and oxygen atoms in total. The average Bonchev–Trinajstić information content (AvgIpc) is 3.44. The van der Waals surface area contributed by atoms with E-state index in [1.165, 1.54) is 70.6 Å². The molecule has 51 heavy (non-hydrogen) atoms. The molecule has 8 heteroatoms. The largest absolute Gasteiger partial charge is 0.491 e. The summed E-state index contributed by atoms with van der Waals surface area (Å²) in [4.78, 5) is 8.58. The Hall–Kier alpha value is -2.32. The van der Waals surface area contributed by atoms with E-state index in [4.69, 9.17) is 19.0 Å². The maximum Gasteiger partial charge on any atom is 0.241 e. The summed E-state index contributed by atoms with van der Waals surface area (Å²) in [6.45, 7) is 18.7.